The Hall–Kier alpha value is -2.94. The SMILES string of the molecule is CCCNC(=O)c1nc(-c2nc(-c3ccc4c(c3)OCO4)no2)cs1. The molecular formula is C16H14N4O4S. The molecule has 1 amide bonds. The topological polar surface area (TPSA) is 99.4 Å². The van der Waals surface area contributed by atoms with Crippen LogP contribution in [0.25, 0.3) is 23.0 Å². The number of amides is 1. The van der Waals surface area contributed by atoms with E-state index in [4.69, 9.17) is 14.0 Å². The van der Waals surface area contributed by atoms with Crippen LogP contribution in [-0.4, -0.2) is 34.4 Å². The first-order valence-electron chi connectivity index (χ1n) is 7.72. The third-order valence-corrected chi connectivity index (χ3v) is 4.35. The molecule has 1 aliphatic heterocycles. The number of nitrogens with one attached hydrogen (secondary N) is 1. The number of hydrogen-bond acceptors (Lipinski definition) is 8. The van der Waals surface area contributed by atoms with Crippen LogP contribution in [0, 0.1) is 0 Å². The molecule has 2 aromatic heterocycles. The number of carbonyl (C=O) groups is 1. The Labute approximate surface area is 146 Å². The van der Waals surface area contributed by atoms with Crippen molar-refractivity contribution < 1.29 is 18.8 Å². The summed E-state index contributed by atoms with van der Waals surface area (Å²) in [7, 11) is 0. The highest BCUT2D eigenvalue weighted by atomic mass is 32.1. The molecule has 0 radical (unpaired) electrons. The third kappa shape index (κ3) is 3.05. The smallest absolute Gasteiger partial charge is 0.280 e. The van der Waals surface area contributed by atoms with Crippen LogP contribution in [0.1, 0.15) is 23.1 Å². The van der Waals surface area contributed by atoms with Crippen LogP contribution in [0.4, 0.5) is 0 Å². The molecule has 0 fully saturated rings. The van der Waals surface area contributed by atoms with Crippen molar-refractivity contribution in [2.45, 2.75) is 13.3 Å². The van der Waals surface area contributed by atoms with Crippen LogP contribution < -0.4 is 14.8 Å². The van der Waals surface area contributed by atoms with Crippen molar-refractivity contribution in [1.29, 1.82) is 0 Å². The first kappa shape index (κ1) is 15.6. The molecule has 1 aliphatic rings. The molecule has 4 rings (SSSR count). The Morgan fingerprint density at radius 2 is 2.16 bits per heavy atom. The van der Waals surface area contributed by atoms with Gasteiger partial charge in [-0.25, -0.2) is 4.98 Å². The van der Waals surface area contributed by atoms with Gasteiger partial charge in [0.05, 0.1) is 0 Å². The second-order valence-electron chi connectivity index (χ2n) is 5.28. The van der Waals surface area contributed by atoms with E-state index in [1.807, 2.05) is 13.0 Å². The lowest BCUT2D eigenvalue weighted by Gasteiger charge is -1.98. The Bertz CT molecular complexity index is 921. The summed E-state index contributed by atoms with van der Waals surface area (Å²) in [6, 6.07) is 5.42. The molecule has 3 aromatic rings. The molecular weight excluding hydrogens is 344 g/mol. The lowest BCUT2D eigenvalue weighted by molar-refractivity contribution is 0.0953. The van der Waals surface area contributed by atoms with E-state index in [0.29, 0.717) is 34.6 Å². The fourth-order valence-corrected chi connectivity index (χ4v) is 2.98. The molecule has 0 bridgehead atoms. The molecule has 1 N–H and O–H groups in total. The molecule has 3 heterocycles. The maximum absolute atomic E-state index is 11.9. The summed E-state index contributed by atoms with van der Waals surface area (Å²) in [6.07, 6.45) is 0.868. The number of carbonyl (C=O) groups excluding carboxylic acids is 1. The quantitative estimate of drug-likeness (QED) is 0.748. The fraction of sp³-hybridized carbons (Fsp3) is 0.250. The molecule has 1 aromatic carbocycles. The van der Waals surface area contributed by atoms with E-state index in [9.17, 15) is 4.79 Å². The predicted molar refractivity (Wildman–Crippen MR) is 89.6 cm³/mol. The Morgan fingerprint density at radius 1 is 1.28 bits per heavy atom. The number of nitrogens with zero attached hydrogens (tertiary/aromatic N) is 3. The first-order valence-corrected chi connectivity index (χ1v) is 8.60. The van der Waals surface area contributed by atoms with E-state index < -0.39 is 0 Å². The normalized spacial score (nSPS) is 12.4. The summed E-state index contributed by atoms with van der Waals surface area (Å²) in [4.78, 5) is 20.5. The van der Waals surface area contributed by atoms with Crippen LogP contribution in [0.15, 0.2) is 28.1 Å². The molecule has 0 spiro atoms. The van der Waals surface area contributed by atoms with Crippen molar-refractivity contribution in [3.63, 3.8) is 0 Å². The van der Waals surface area contributed by atoms with Gasteiger partial charge in [0.15, 0.2) is 16.5 Å². The highest BCUT2D eigenvalue weighted by Gasteiger charge is 2.19. The highest BCUT2D eigenvalue weighted by Crippen LogP contribution is 2.35. The summed E-state index contributed by atoms with van der Waals surface area (Å²) in [6.45, 7) is 2.81. The van der Waals surface area contributed by atoms with Crippen molar-refractivity contribution in [2.24, 2.45) is 0 Å². The standard InChI is InChI=1S/C16H14N4O4S/c1-2-5-17-14(21)16-18-10(7-25-16)15-19-13(20-24-15)9-3-4-11-12(6-9)23-8-22-11/h3-4,6-7H,2,5,8H2,1H3,(H,17,21). The van der Waals surface area contributed by atoms with Gasteiger partial charge in [0.1, 0.15) is 5.69 Å². The number of ether oxygens (including phenoxy) is 2. The zero-order valence-corrected chi connectivity index (χ0v) is 14.1. The molecule has 0 unspecified atom stereocenters. The Balaban J connectivity index is 1.55. The zero-order valence-electron chi connectivity index (χ0n) is 13.3. The number of thiazole rings is 1. The van der Waals surface area contributed by atoms with Gasteiger partial charge in [0.25, 0.3) is 11.8 Å². The van der Waals surface area contributed by atoms with Gasteiger partial charge >= 0.3 is 0 Å². The summed E-state index contributed by atoms with van der Waals surface area (Å²) in [5.41, 5.74) is 1.22. The maximum atomic E-state index is 11.9. The van der Waals surface area contributed by atoms with E-state index in [0.717, 1.165) is 12.0 Å². The summed E-state index contributed by atoms with van der Waals surface area (Å²) < 4.78 is 15.9. The van der Waals surface area contributed by atoms with Crippen molar-refractivity contribution >= 4 is 17.2 Å². The van der Waals surface area contributed by atoms with Gasteiger partial charge < -0.3 is 19.3 Å². The monoisotopic (exact) mass is 358 g/mol. The van der Waals surface area contributed by atoms with Crippen LogP contribution in [0.2, 0.25) is 0 Å². The number of aromatic nitrogens is 3. The van der Waals surface area contributed by atoms with Crippen molar-refractivity contribution in [2.75, 3.05) is 13.3 Å². The average molecular weight is 358 g/mol. The molecule has 9 heteroatoms. The number of rotatable bonds is 5. The lowest BCUT2D eigenvalue weighted by Crippen LogP contribution is -2.23. The van der Waals surface area contributed by atoms with Crippen LogP contribution in [0.5, 0.6) is 11.5 Å². The second-order valence-corrected chi connectivity index (χ2v) is 6.14. The van der Waals surface area contributed by atoms with Crippen molar-refractivity contribution in [1.82, 2.24) is 20.4 Å². The van der Waals surface area contributed by atoms with Gasteiger partial charge in [-0.05, 0) is 24.6 Å². The van der Waals surface area contributed by atoms with Crippen LogP contribution in [0.3, 0.4) is 0 Å². The minimum absolute atomic E-state index is 0.200. The van der Waals surface area contributed by atoms with E-state index in [2.05, 4.69) is 20.4 Å². The lowest BCUT2D eigenvalue weighted by atomic mass is 10.2. The van der Waals surface area contributed by atoms with Gasteiger partial charge in [-0.3, -0.25) is 4.79 Å². The van der Waals surface area contributed by atoms with E-state index in [1.54, 1.807) is 17.5 Å². The zero-order chi connectivity index (χ0) is 17.2. The molecule has 25 heavy (non-hydrogen) atoms. The van der Waals surface area contributed by atoms with Crippen LogP contribution >= 0.6 is 11.3 Å². The molecule has 8 nitrogen and oxygen atoms in total. The van der Waals surface area contributed by atoms with E-state index in [-0.39, 0.29) is 18.6 Å². The van der Waals surface area contributed by atoms with Gasteiger partial charge in [-0.15, -0.1) is 11.3 Å². The number of fused-ring (bicyclic) bond motifs is 1. The largest absolute Gasteiger partial charge is 0.454 e. The van der Waals surface area contributed by atoms with Gasteiger partial charge in [-0.2, -0.15) is 4.98 Å². The summed E-state index contributed by atoms with van der Waals surface area (Å²) in [5.74, 6) is 1.81. The van der Waals surface area contributed by atoms with Gasteiger partial charge in [-0.1, -0.05) is 12.1 Å². The number of hydrogen-bond donors (Lipinski definition) is 1. The van der Waals surface area contributed by atoms with Crippen molar-refractivity contribution in [3.8, 4) is 34.5 Å². The van der Waals surface area contributed by atoms with Gasteiger partial charge in [0, 0.05) is 17.5 Å². The Kier molecular flexibility index (Phi) is 4.06. The van der Waals surface area contributed by atoms with Gasteiger partial charge in [0.2, 0.25) is 12.6 Å². The fourth-order valence-electron chi connectivity index (χ4n) is 2.27. The minimum atomic E-state index is -0.200. The first-order chi connectivity index (χ1) is 12.2. The Morgan fingerprint density at radius 3 is 3.04 bits per heavy atom. The second kappa shape index (κ2) is 6.52. The minimum Gasteiger partial charge on any atom is -0.454 e. The molecule has 0 aliphatic carbocycles. The van der Waals surface area contributed by atoms with E-state index in [1.165, 1.54) is 11.3 Å². The predicted octanol–water partition coefficient (Wildman–Crippen LogP) is 2.73. The number of benzene rings is 1. The molecule has 0 saturated heterocycles. The average Bonchev–Trinajstić information content (AvgIpc) is 3.38. The highest BCUT2D eigenvalue weighted by molar-refractivity contribution is 7.12. The summed E-state index contributed by atoms with van der Waals surface area (Å²) >= 11 is 1.24. The molecule has 0 saturated carbocycles. The third-order valence-electron chi connectivity index (χ3n) is 3.51. The van der Waals surface area contributed by atoms with E-state index >= 15 is 0 Å². The maximum Gasteiger partial charge on any atom is 0.280 e. The van der Waals surface area contributed by atoms with Crippen molar-refractivity contribution in [3.05, 3.63) is 28.6 Å². The molecule has 0 atom stereocenters. The summed E-state index contributed by atoms with van der Waals surface area (Å²) in [5, 5.41) is 8.85. The van der Waals surface area contributed by atoms with Crippen LogP contribution in [-0.2, 0) is 0 Å². The molecule has 128 valence electrons.